The third-order valence-corrected chi connectivity index (χ3v) is 3.72. The number of imide groups is 1. The Kier molecular flexibility index (Phi) is 3.92. The number of fused-ring (bicyclic) bond motifs is 1. The van der Waals surface area contributed by atoms with E-state index in [0.717, 1.165) is 11.1 Å². The van der Waals surface area contributed by atoms with E-state index in [2.05, 4.69) is 0 Å². The lowest BCUT2D eigenvalue weighted by Gasteiger charge is -2.27. The number of aryl methyl sites for hydroxylation is 1. The van der Waals surface area contributed by atoms with Gasteiger partial charge < -0.3 is 4.74 Å². The van der Waals surface area contributed by atoms with Crippen LogP contribution in [0.5, 0.6) is 5.75 Å². The van der Waals surface area contributed by atoms with E-state index < -0.39 is 0 Å². The molecule has 0 N–H and O–H groups in total. The van der Waals surface area contributed by atoms with Gasteiger partial charge in [0, 0.05) is 19.4 Å². The summed E-state index contributed by atoms with van der Waals surface area (Å²) in [7, 11) is 0. The summed E-state index contributed by atoms with van der Waals surface area (Å²) in [5.41, 5.74) is 2.72. The Labute approximate surface area is 129 Å². The highest BCUT2D eigenvalue weighted by molar-refractivity contribution is 6.15. The van der Waals surface area contributed by atoms with Gasteiger partial charge in [-0.2, -0.15) is 0 Å². The molecule has 2 aromatic carbocycles. The Hall–Kier alpha value is -2.62. The molecule has 0 atom stereocenters. The maximum atomic E-state index is 12.0. The summed E-state index contributed by atoms with van der Waals surface area (Å²) in [6.07, 6.45) is 1.04. The molecule has 1 aliphatic rings. The fourth-order valence-electron chi connectivity index (χ4n) is 2.63. The number of rotatable bonds is 3. The Morgan fingerprint density at radius 2 is 1.91 bits per heavy atom. The molecule has 0 radical (unpaired) electrons. The molecule has 0 saturated carbocycles. The van der Waals surface area contributed by atoms with E-state index in [1.807, 2.05) is 42.5 Å². The summed E-state index contributed by atoms with van der Waals surface area (Å²) in [5, 5.41) is 0. The first-order valence-corrected chi connectivity index (χ1v) is 7.28. The van der Waals surface area contributed by atoms with Crippen LogP contribution in [0.2, 0.25) is 0 Å². The predicted molar refractivity (Wildman–Crippen MR) is 83.7 cm³/mol. The van der Waals surface area contributed by atoms with E-state index in [1.54, 1.807) is 6.07 Å². The van der Waals surface area contributed by atoms with E-state index >= 15 is 0 Å². The van der Waals surface area contributed by atoms with Crippen LogP contribution >= 0.6 is 0 Å². The fraction of sp³-hybridized carbons (Fsp3) is 0.222. The minimum atomic E-state index is -0.258. The quantitative estimate of drug-likeness (QED) is 0.874. The van der Waals surface area contributed by atoms with E-state index in [4.69, 9.17) is 4.74 Å². The Morgan fingerprint density at radius 1 is 1.14 bits per heavy atom. The molecule has 22 heavy (non-hydrogen) atoms. The maximum absolute atomic E-state index is 12.0. The molecular formula is C18H17NO3. The highest BCUT2D eigenvalue weighted by Gasteiger charge is 2.27. The highest BCUT2D eigenvalue weighted by atomic mass is 16.5. The summed E-state index contributed by atoms with van der Waals surface area (Å²) < 4.78 is 5.77. The van der Waals surface area contributed by atoms with Crippen LogP contribution in [0.25, 0.3) is 0 Å². The van der Waals surface area contributed by atoms with Crippen LogP contribution in [0, 0.1) is 0 Å². The average Bonchev–Trinajstić information content (AvgIpc) is 2.53. The van der Waals surface area contributed by atoms with Crippen LogP contribution in [0.4, 0.5) is 5.69 Å². The van der Waals surface area contributed by atoms with Crippen molar-refractivity contribution in [2.24, 2.45) is 0 Å². The van der Waals surface area contributed by atoms with Gasteiger partial charge in [-0.25, -0.2) is 0 Å². The van der Waals surface area contributed by atoms with Gasteiger partial charge >= 0.3 is 0 Å². The number of ether oxygens (including phenoxy) is 1. The van der Waals surface area contributed by atoms with Crippen LogP contribution in [0.15, 0.2) is 48.5 Å². The maximum Gasteiger partial charge on any atom is 0.234 e. The Morgan fingerprint density at radius 3 is 2.64 bits per heavy atom. The van der Waals surface area contributed by atoms with E-state index in [9.17, 15) is 9.59 Å². The molecule has 4 heteroatoms. The second kappa shape index (κ2) is 6.02. The van der Waals surface area contributed by atoms with Crippen molar-refractivity contribution in [2.45, 2.75) is 26.4 Å². The Bertz CT molecular complexity index is 710. The number of hydrogen-bond acceptors (Lipinski definition) is 3. The average molecular weight is 295 g/mol. The molecule has 2 aromatic rings. The number of hydrogen-bond donors (Lipinski definition) is 0. The van der Waals surface area contributed by atoms with Crippen LogP contribution in [0.3, 0.4) is 0 Å². The van der Waals surface area contributed by atoms with E-state index in [-0.39, 0.29) is 11.8 Å². The molecule has 0 spiro atoms. The smallest absolute Gasteiger partial charge is 0.234 e. The molecule has 1 aliphatic heterocycles. The summed E-state index contributed by atoms with van der Waals surface area (Å²) >= 11 is 0. The summed E-state index contributed by atoms with van der Waals surface area (Å²) in [4.78, 5) is 24.9. The largest absolute Gasteiger partial charge is 0.489 e. The van der Waals surface area contributed by atoms with Crippen molar-refractivity contribution in [2.75, 3.05) is 4.90 Å². The van der Waals surface area contributed by atoms with Crippen molar-refractivity contribution in [3.8, 4) is 5.75 Å². The zero-order chi connectivity index (χ0) is 15.5. The molecule has 0 bridgehead atoms. The first-order valence-electron chi connectivity index (χ1n) is 7.28. The van der Waals surface area contributed by atoms with E-state index in [1.165, 1.54) is 11.8 Å². The number of anilines is 1. The molecule has 0 aromatic heterocycles. The topological polar surface area (TPSA) is 46.6 Å². The number of carbonyl (C=O) groups excluding carboxylic acids is 2. The number of nitrogens with zero attached hydrogens (tertiary/aromatic N) is 1. The van der Waals surface area contributed by atoms with Crippen molar-refractivity contribution < 1.29 is 14.3 Å². The molecule has 2 amide bonds. The lowest BCUT2D eigenvalue weighted by atomic mass is 10.0. The van der Waals surface area contributed by atoms with Crippen molar-refractivity contribution in [1.29, 1.82) is 0 Å². The minimum absolute atomic E-state index is 0.153. The summed E-state index contributed by atoms with van der Waals surface area (Å²) in [6.45, 7) is 1.86. The number of carbonyl (C=O) groups is 2. The molecule has 0 saturated heterocycles. The zero-order valence-electron chi connectivity index (χ0n) is 12.4. The third-order valence-electron chi connectivity index (χ3n) is 3.72. The molecule has 0 aliphatic carbocycles. The van der Waals surface area contributed by atoms with Crippen LogP contribution < -0.4 is 9.64 Å². The first kappa shape index (κ1) is 14.3. The van der Waals surface area contributed by atoms with E-state index in [0.29, 0.717) is 30.9 Å². The van der Waals surface area contributed by atoms with Gasteiger partial charge in [0.15, 0.2) is 0 Å². The van der Waals surface area contributed by atoms with Crippen molar-refractivity contribution in [1.82, 2.24) is 0 Å². The van der Waals surface area contributed by atoms with Gasteiger partial charge in [0.1, 0.15) is 12.4 Å². The van der Waals surface area contributed by atoms with Crippen molar-refractivity contribution >= 4 is 17.5 Å². The van der Waals surface area contributed by atoms with Gasteiger partial charge in [-0.15, -0.1) is 0 Å². The Balaban J connectivity index is 1.83. The van der Waals surface area contributed by atoms with Crippen LogP contribution in [0.1, 0.15) is 24.5 Å². The second-order valence-electron chi connectivity index (χ2n) is 5.31. The van der Waals surface area contributed by atoms with Gasteiger partial charge in [-0.05, 0) is 23.6 Å². The van der Waals surface area contributed by atoms with Gasteiger partial charge in [0.05, 0.1) is 5.69 Å². The fourth-order valence-corrected chi connectivity index (χ4v) is 2.63. The number of benzene rings is 2. The lowest BCUT2D eigenvalue weighted by Crippen LogP contribution is -2.38. The minimum Gasteiger partial charge on any atom is -0.489 e. The molecule has 0 fully saturated rings. The molecule has 112 valence electrons. The summed E-state index contributed by atoms with van der Waals surface area (Å²) in [6, 6.07) is 15.4. The van der Waals surface area contributed by atoms with Crippen LogP contribution in [-0.2, 0) is 22.6 Å². The standard InChI is InChI=1S/C18H17NO3/c1-13(20)19-17-11-16(9-7-15(17)8-10-18(19)21)22-12-14-5-3-2-4-6-14/h2-7,9,11H,8,10,12H2,1H3. The van der Waals surface area contributed by atoms with Crippen molar-refractivity contribution in [3.05, 3.63) is 59.7 Å². The zero-order valence-corrected chi connectivity index (χ0v) is 12.4. The van der Waals surface area contributed by atoms with Crippen molar-refractivity contribution in [3.63, 3.8) is 0 Å². The molecule has 4 nitrogen and oxygen atoms in total. The lowest BCUT2D eigenvalue weighted by molar-refractivity contribution is -0.125. The van der Waals surface area contributed by atoms with Gasteiger partial charge in [-0.3, -0.25) is 14.5 Å². The molecule has 0 unspecified atom stereocenters. The molecule has 3 rings (SSSR count). The summed E-state index contributed by atoms with van der Waals surface area (Å²) in [5.74, 6) is 0.245. The monoisotopic (exact) mass is 295 g/mol. The van der Waals surface area contributed by atoms with Gasteiger partial charge in [0.2, 0.25) is 11.8 Å². The molecular weight excluding hydrogens is 278 g/mol. The normalized spacial score (nSPS) is 13.7. The first-order chi connectivity index (χ1) is 10.6. The highest BCUT2D eigenvalue weighted by Crippen LogP contribution is 2.32. The SMILES string of the molecule is CC(=O)N1C(=O)CCc2ccc(OCc3ccccc3)cc21. The second-order valence-corrected chi connectivity index (χ2v) is 5.31. The van der Waals surface area contributed by atoms with Gasteiger partial charge in [-0.1, -0.05) is 36.4 Å². The predicted octanol–water partition coefficient (Wildman–Crippen LogP) is 3.09. The molecule has 1 heterocycles. The number of amides is 2. The van der Waals surface area contributed by atoms with Crippen LogP contribution in [-0.4, -0.2) is 11.8 Å². The third kappa shape index (κ3) is 2.86. The van der Waals surface area contributed by atoms with Gasteiger partial charge in [0.25, 0.3) is 0 Å².